The molecule has 3 heteroatoms. The Hall–Kier alpha value is -0.900. The SMILES string of the molecule is c1ccc(CNCCN2CCCN3CCCC3C2)cc1. The topological polar surface area (TPSA) is 18.5 Å². The summed E-state index contributed by atoms with van der Waals surface area (Å²) in [5.41, 5.74) is 1.38. The van der Waals surface area contributed by atoms with Crippen LogP contribution in [-0.4, -0.2) is 55.1 Å². The molecule has 0 radical (unpaired) electrons. The summed E-state index contributed by atoms with van der Waals surface area (Å²) in [7, 11) is 0. The highest BCUT2D eigenvalue weighted by molar-refractivity contribution is 5.14. The normalized spacial score (nSPS) is 24.5. The van der Waals surface area contributed by atoms with Crippen LogP contribution >= 0.6 is 0 Å². The van der Waals surface area contributed by atoms with Crippen LogP contribution in [0.5, 0.6) is 0 Å². The molecule has 3 rings (SSSR count). The maximum atomic E-state index is 3.57. The van der Waals surface area contributed by atoms with E-state index in [4.69, 9.17) is 0 Å². The first-order valence-corrected chi connectivity index (χ1v) is 8.13. The Morgan fingerprint density at radius 2 is 1.90 bits per heavy atom. The lowest BCUT2D eigenvalue weighted by Gasteiger charge is -2.25. The smallest absolute Gasteiger partial charge is 0.0223 e. The molecule has 2 aliphatic heterocycles. The highest BCUT2D eigenvalue weighted by Crippen LogP contribution is 2.20. The summed E-state index contributed by atoms with van der Waals surface area (Å²) in [5, 5.41) is 3.57. The summed E-state index contributed by atoms with van der Waals surface area (Å²) >= 11 is 0. The summed E-state index contributed by atoms with van der Waals surface area (Å²) in [6, 6.07) is 11.5. The Morgan fingerprint density at radius 1 is 1.05 bits per heavy atom. The van der Waals surface area contributed by atoms with Gasteiger partial charge in [-0.15, -0.1) is 0 Å². The number of nitrogens with one attached hydrogen (secondary N) is 1. The first-order chi connectivity index (χ1) is 9.92. The van der Waals surface area contributed by atoms with E-state index >= 15 is 0 Å². The van der Waals surface area contributed by atoms with E-state index in [1.54, 1.807) is 0 Å². The van der Waals surface area contributed by atoms with Crippen molar-refractivity contribution in [1.82, 2.24) is 15.1 Å². The van der Waals surface area contributed by atoms with Gasteiger partial charge < -0.3 is 10.2 Å². The average molecular weight is 273 g/mol. The van der Waals surface area contributed by atoms with Crippen LogP contribution in [-0.2, 0) is 6.54 Å². The van der Waals surface area contributed by atoms with Crippen LogP contribution in [0.25, 0.3) is 0 Å². The molecule has 20 heavy (non-hydrogen) atoms. The van der Waals surface area contributed by atoms with Gasteiger partial charge in [0.25, 0.3) is 0 Å². The highest BCUT2D eigenvalue weighted by Gasteiger charge is 2.28. The van der Waals surface area contributed by atoms with E-state index in [1.165, 1.54) is 57.5 Å². The fraction of sp³-hybridized carbons (Fsp3) is 0.647. The first-order valence-electron chi connectivity index (χ1n) is 8.13. The van der Waals surface area contributed by atoms with Crippen molar-refractivity contribution in [3.8, 4) is 0 Å². The van der Waals surface area contributed by atoms with E-state index in [2.05, 4.69) is 45.4 Å². The third kappa shape index (κ3) is 3.81. The van der Waals surface area contributed by atoms with Crippen LogP contribution in [0, 0.1) is 0 Å². The van der Waals surface area contributed by atoms with Gasteiger partial charge in [-0.2, -0.15) is 0 Å². The zero-order chi connectivity index (χ0) is 13.6. The molecule has 3 nitrogen and oxygen atoms in total. The standard InChI is InChI=1S/C17H27N3/c1-2-6-16(7-3-1)14-18-9-13-19-10-5-12-20-11-4-8-17(20)15-19/h1-3,6-7,17-18H,4-5,8-15H2. The fourth-order valence-electron chi connectivity index (χ4n) is 3.55. The summed E-state index contributed by atoms with van der Waals surface area (Å²) in [6.45, 7) is 8.50. The molecule has 2 fully saturated rings. The quantitative estimate of drug-likeness (QED) is 0.827. The Morgan fingerprint density at radius 3 is 2.80 bits per heavy atom. The van der Waals surface area contributed by atoms with Crippen molar-refractivity contribution >= 4 is 0 Å². The minimum absolute atomic E-state index is 0.839. The van der Waals surface area contributed by atoms with Gasteiger partial charge in [-0.3, -0.25) is 4.90 Å². The maximum Gasteiger partial charge on any atom is 0.0223 e. The largest absolute Gasteiger partial charge is 0.311 e. The summed E-state index contributed by atoms with van der Waals surface area (Å²) in [6.07, 6.45) is 4.16. The number of benzene rings is 1. The van der Waals surface area contributed by atoms with Gasteiger partial charge in [0.2, 0.25) is 0 Å². The minimum Gasteiger partial charge on any atom is -0.311 e. The van der Waals surface area contributed by atoms with E-state index in [0.29, 0.717) is 0 Å². The Kier molecular flexibility index (Phi) is 5.06. The molecule has 1 N–H and O–H groups in total. The Labute approximate surface area is 123 Å². The van der Waals surface area contributed by atoms with Crippen LogP contribution in [0.2, 0.25) is 0 Å². The van der Waals surface area contributed by atoms with Gasteiger partial charge in [0.05, 0.1) is 0 Å². The summed E-state index contributed by atoms with van der Waals surface area (Å²) in [5.74, 6) is 0. The third-order valence-corrected chi connectivity index (χ3v) is 4.66. The fourth-order valence-corrected chi connectivity index (χ4v) is 3.55. The second kappa shape index (κ2) is 7.21. The van der Waals surface area contributed by atoms with E-state index in [-0.39, 0.29) is 0 Å². The zero-order valence-corrected chi connectivity index (χ0v) is 12.4. The molecule has 0 aromatic heterocycles. The molecule has 0 spiro atoms. The van der Waals surface area contributed by atoms with Gasteiger partial charge in [-0.05, 0) is 44.5 Å². The first kappa shape index (κ1) is 14.1. The molecule has 2 saturated heterocycles. The van der Waals surface area contributed by atoms with Crippen molar-refractivity contribution < 1.29 is 0 Å². The van der Waals surface area contributed by atoms with Gasteiger partial charge >= 0.3 is 0 Å². The lowest BCUT2D eigenvalue weighted by atomic mass is 10.2. The van der Waals surface area contributed by atoms with Gasteiger partial charge in [0.1, 0.15) is 0 Å². The number of hydrogen-bond donors (Lipinski definition) is 1. The van der Waals surface area contributed by atoms with Crippen LogP contribution < -0.4 is 5.32 Å². The second-order valence-electron chi connectivity index (χ2n) is 6.15. The van der Waals surface area contributed by atoms with Crippen molar-refractivity contribution in [3.05, 3.63) is 35.9 Å². The Balaban J connectivity index is 1.37. The summed E-state index contributed by atoms with van der Waals surface area (Å²) < 4.78 is 0. The van der Waals surface area contributed by atoms with Crippen molar-refractivity contribution in [3.63, 3.8) is 0 Å². The lowest BCUT2D eigenvalue weighted by Crippen LogP contribution is -2.39. The van der Waals surface area contributed by atoms with Crippen LogP contribution in [0.4, 0.5) is 0 Å². The van der Waals surface area contributed by atoms with Crippen LogP contribution in [0.1, 0.15) is 24.8 Å². The third-order valence-electron chi connectivity index (χ3n) is 4.66. The Bertz CT molecular complexity index is 392. The van der Waals surface area contributed by atoms with Crippen molar-refractivity contribution in [2.24, 2.45) is 0 Å². The lowest BCUT2D eigenvalue weighted by molar-refractivity contribution is 0.220. The molecule has 0 saturated carbocycles. The average Bonchev–Trinajstić information content (AvgIpc) is 2.83. The van der Waals surface area contributed by atoms with Crippen molar-refractivity contribution in [2.75, 3.05) is 39.3 Å². The summed E-state index contributed by atoms with van der Waals surface area (Å²) in [4.78, 5) is 5.37. The van der Waals surface area contributed by atoms with Crippen molar-refractivity contribution in [1.29, 1.82) is 0 Å². The maximum absolute atomic E-state index is 3.57. The molecule has 2 heterocycles. The molecule has 1 aromatic rings. The number of rotatable bonds is 5. The number of nitrogens with zero attached hydrogens (tertiary/aromatic N) is 2. The van der Waals surface area contributed by atoms with E-state index in [1.807, 2.05) is 0 Å². The molecule has 0 amide bonds. The predicted molar refractivity (Wildman–Crippen MR) is 83.8 cm³/mol. The van der Waals surface area contributed by atoms with Crippen LogP contribution in [0.15, 0.2) is 30.3 Å². The van der Waals surface area contributed by atoms with Gasteiger partial charge in [0.15, 0.2) is 0 Å². The van der Waals surface area contributed by atoms with Gasteiger partial charge in [-0.25, -0.2) is 0 Å². The van der Waals surface area contributed by atoms with E-state index in [9.17, 15) is 0 Å². The monoisotopic (exact) mass is 273 g/mol. The molecule has 1 aromatic carbocycles. The number of fused-ring (bicyclic) bond motifs is 1. The molecule has 1 unspecified atom stereocenters. The molecule has 1 atom stereocenters. The molecule has 2 aliphatic rings. The van der Waals surface area contributed by atoms with Gasteiger partial charge in [0, 0.05) is 32.2 Å². The molecular formula is C17H27N3. The minimum atomic E-state index is 0.839. The molecule has 110 valence electrons. The van der Waals surface area contributed by atoms with E-state index in [0.717, 1.165) is 19.1 Å². The zero-order valence-electron chi connectivity index (χ0n) is 12.4. The second-order valence-corrected chi connectivity index (χ2v) is 6.15. The highest BCUT2D eigenvalue weighted by atomic mass is 15.3. The van der Waals surface area contributed by atoms with E-state index < -0.39 is 0 Å². The van der Waals surface area contributed by atoms with Crippen molar-refractivity contribution in [2.45, 2.75) is 31.8 Å². The van der Waals surface area contributed by atoms with Crippen LogP contribution in [0.3, 0.4) is 0 Å². The molecule has 0 bridgehead atoms. The van der Waals surface area contributed by atoms with Gasteiger partial charge in [-0.1, -0.05) is 30.3 Å². The molecular weight excluding hydrogens is 246 g/mol. The predicted octanol–water partition coefficient (Wildman–Crippen LogP) is 1.95. The number of hydrogen-bond acceptors (Lipinski definition) is 3. The molecule has 0 aliphatic carbocycles.